The van der Waals surface area contributed by atoms with E-state index in [1.54, 1.807) is 4.90 Å². The molecule has 220 valence electrons. The Morgan fingerprint density at radius 3 is 2.29 bits per heavy atom. The Hall–Kier alpha value is -3.48. The normalized spacial score (nSPS) is 21.8. The molecule has 3 amide bonds. The van der Waals surface area contributed by atoms with Gasteiger partial charge < -0.3 is 14.5 Å². The molecule has 4 heterocycles. The fourth-order valence-corrected chi connectivity index (χ4v) is 8.76. The summed E-state index contributed by atoms with van der Waals surface area (Å²) in [4.78, 5) is 59.8. The van der Waals surface area contributed by atoms with Gasteiger partial charge in [0.15, 0.2) is 0 Å². The van der Waals surface area contributed by atoms with E-state index >= 15 is 0 Å². The van der Waals surface area contributed by atoms with Crippen LogP contribution < -0.4 is 14.7 Å². The van der Waals surface area contributed by atoms with Crippen molar-refractivity contribution in [1.29, 1.82) is 0 Å². The number of morpholine rings is 1. The van der Waals surface area contributed by atoms with Gasteiger partial charge in [0.25, 0.3) is 0 Å². The molecule has 0 N–H and O–H groups in total. The van der Waals surface area contributed by atoms with Crippen LogP contribution in [0.2, 0.25) is 0 Å². The number of thioether (sulfide) groups is 1. The zero-order valence-electron chi connectivity index (χ0n) is 23.3. The fourth-order valence-electron chi connectivity index (χ4n) is 5.99. The lowest BCUT2D eigenvalue weighted by molar-refractivity contribution is -0.136. The van der Waals surface area contributed by atoms with Crippen LogP contribution >= 0.6 is 23.1 Å². The lowest BCUT2D eigenvalue weighted by Gasteiger charge is -2.31. The van der Waals surface area contributed by atoms with E-state index in [1.807, 2.05) is 24.3 Å². The van der Waals surface area contributed by atoms with Gasteiger partial charge in [-0.05, 0) is 55.8 Å². The number of aromatic nitrogens is 1. The van der Waals surface area contributed by atoms with Gasteiger partial charge in [-0.15, -0.1) is 0 Å². The topological polar surface area (TPSA) is 92.2 Å². The van der Waals surface area contributed by atoms with Crippen molar-refractivity contribution in [2.75, 3.05) is 49.2 Å². The van der Waals surface area contributed by atoms with Crippen LogP contribution in [0.15, 0.2) is 58.4 Å². The summed E-state index contributed by atoms with van der Waals surface area (Å²) >= 11 is 2.20. The zero-order valence-corrected chi connectivity index (χ0v) is 25.0. The second-order valence-corrected chi connectivity index (χ2v) is 12.5. The van der Waals surface area contributed by atoms with E-state index in [-0.39, 0.29) is 23.2 Å². The van der Waals surface area contributed by atoms with E-state index in [9.17, 15) is 23.6 Å². The molecule has 3 aliphatic rings. The first kappa shape index (κ1) is 28.6. The SMILES string of the molecule is CCN(CC)c1ccc([C@@H]2c3sc(=O)n(CC(=O)N4CCOCC4)c3S[C@H]3C(=O)N(c4ccc(F)cc4)C(=O)[C@@H]23)cc1. The van der Waals surface area contributed by atoms with Crippen LogP contribution in [0.4, 0.5) is 15.8 Å². The second-order valence-electron chi connectivity index (χ2n) is 10.4. The van der Waals surface area contributed by atoms with Gasteiger partial charge in [0.2, 0.25) is 17.7 Å². The first-order chi connectivity index (χ1) is 20.3. The number of benzene rings is 2. The quantitative estimate of drug-likeness (QED) is 0.378. The maximum Gasteiger partial charge on any atom is 0.308 e. The maximum atomic E-state index is 14.0. The molecule has 9 nitrogen and oxygen atoms in total. The van der Waals surface area contributed by atoms with Gasteiger partial charge in [-0.25, -0.2) is 9.29 Å². The number of anilines is 2. The molecule has 0 saturated carbocycles. The van der Waals surface area contributed by atoms with Crippen molar-refractivity contribution in [3.05, 3.63) is 74.5 Å². The van der Waals surface area contributed by atoms with E-state index in [0.717, 1.165) is 40.6 Å². The Balaban J connectivity index is 1.43. The van der Waals surface area contributed by atoms with Crippen LogP contribution in [-0.2, 0) is 25.7 Å². The van der Waals surface area contributed by atoms with Gasteiger partial charge >= 0.3 is 4.87 Å². The highest BCUT2D eigenvalue weighted by atomic mass is 32.2. The second kappa shape index (κ2) is 11.7. The van der Waals surface area contributed by atoms with Crippen molar-refractivity contribution in [1.82, 2.24) is 9.47 Å². The van der Waals surface area contributed by atoms with Crippen LogP contribution in [0.25, 0.3) is 0 Å². The van der Waals surface area contributed by atoms with Gasteiger partial charge in [-0.1, -0.05) is 35.2 Å². The van der Waals surface area contributed by atoms with Crippen LogP contribution in [0, 0.1) is 11.7 Å². The van der Waals surface area contributed by atoms with Gasteiger partial charge in [-0.2, -0.15) is 0 Å². The van der Waals surface area contributed by atoms with Crippen LogP contribution in [0.5, 0.6) is 0 Å². The van der Waals surface area contributed by atoms with Crippen molar-refractivity contribution >= 4 is 52.2 Å². The van der Waals surface area contributed by atoms with Crippen molar-refractivity contribution in [2.45, 2.75) is 36.6 Å². The Labute approximate surface area is 250 Å². The molecular weight excluding hydrogens is 579 g/mol. The number of hydrogen-bond acceptors (Lipinski definition) is 8. The number of thiazole rings is 1. The van der Waals surface area contributed by atoms with Crippen molar-refractivity contribution in [3.8, 4) is 0 Å². The largest absolute Gasteiger partial charge is 0.378 e. The number of fused-ring (bicyclic) bond motifs is 2. The summed E-state index contributed by atoms with van der Waals surface area (Å²) in [6.07, 6.45) is 0. The lowest BCUT2D eigenvalue weighted by atomic mass is 9.83. The highest BCUT2D eigenvalue weighted by Crippen LogP contribution is 2.54. The third-order valence-electron chi connectivity index (χ3n) is 8.17. The van der Waals surface area contributed by atoms with Gasteiger partial charge in [0.1, 0.15) is 17.6 Å². The van der Waals surface area contributed by atoms with E-state index in [2.05, 4.69) is 18.7 Å². The van der Waals surface area contributed by atoms with E-state index in [0.29, 0.717) is 41.9 Å². The van der Waals surface area contributed by atoms with Crippen LogP contribution in [-0.4, -0.2) is 71.8 Å². The number of carbonyl (C=O) groups excluding carboxylic acids is 3. The number of halogens is 1. The monoisotopic (exact) mass is 610 g/mol. The van der Waals surface area contributed by atoms with Crippen molar-refractivity contribution in [3.63, 3.8) is 0 Å². The summed E-state index contributed by atoms with van der Waals surface area (Å²) in [5.74, 6) is -2.78. The minimum Gasteiger partial charge on any atom is -0.378 e. The van der Waals surface area contributed by atoms with Crippen LogP contribution in [0.1, 0.15) is 30.2 Å². The van der Waals surface area contributed by atoms with E-state index in [4.69, 9.17) is 4.74 Å². The van der Waals surface area contributed by atoms with Crippen molar-refractivity contribution < 1.29 is 23.5 Å². The van der Waals surface area contributed by atoms with Gasteiger partial charge in [0, 0.05) is 42.7 Å². The summed E-state index contributed by atoms with van der Waals surface area (Å²) in [6.45, 7) is 7.50. The number of rotatable bonds is 7. The number of hydrogen-bond donors (Lipinski definition) is 0. The molecule has 6 rings (SSSR count). The Bertz CT molecular complexity index is 1560. The summed E-state index contributed by atoms with van der Waals surface area (Å²) < 4.78 is 20.5. The molecule has 1 aromatic heterocycles. The Morgan fingerprint density at radius 1 is 0.976 bits per heavy atom. The molecule has 3 aromatic rings. The number of imide groups is 1. The standard InChI is InChI=1S/C30H31FN4O5S2/c1-3-32(4-2)20-9-5-18(6-10-20)23-24-25(28(38)35(27(24)37)21-11-7-19(31)8-12-21)41-29-26(23)42-30(39)34(29)17-22(36)33-13-15-40-16-14-33/h5-12,23-25H,3-4,13-17H2,1-2H3/t23-,24-,25+/m0/s1. The smallest absolute Gasteiger partial charge is 0.308 e. The van der Waals surface area contributed by atoms with E-state index in [1.165, 1.54) is 40.6 Å². The highest BCUT2D eigenvalue weighted by molar-refractivity contribution is 8.00. The lowest BCUT2D eigenvalue weighted by Crippen LogP contribution is -2.43. The molecule has 0 aliphatic carbocycles. The zero-order chi connectivity index (χ0) is 29.5. The molecule has 2 fully saturated rings. The predicted molar refractivity (Wildman–Crippen MR) is 160 cm³/mol. The molecule has 0 spiro atoms. The molecule has 2 aromatic carbocycles. The molecule has 42 heavy (non-hydrogen) atoms. The summed E-state index contributed by atoms with van der Waals surface area (Å²) in [5.41, 5.74) is 2.16. The molecular formula is C30H31FN4O5S2. The molecule has 0 unspecified atom stereocenters. The average Bonchev–Trinajstić information content (AvgIpc) is 3.45. The molecule has 2 saturated heterocycles. The molecule has 12 heteroatoms. The number of nitrogens with zero attached hydrogens (tertiary/aromatic N) is 4. The number of ether oxygens (including phenoxy) is 1. The number of amides is 3. The van der Waals surface area contributed by atoms with Crippen molar-refractivity contribution in [2.24, 2.45) is 5.92 Å². The first-order valence-corrected chi connectivity index (χ1v) is 15.8. The van der Waals surface area contributed by atoms with Gasteiger partial charge in [-0.3, -0.25) is 23.7 Å². The molecule has 3 atom stereocenters. The minimum absolute atomic E-state index is 0.146. The Morgan fingerprint density at radius 2 is 1.64 bits per heavy atom. The predicted octanol–water partition coefficient (Wildman–Crippen LogP) is 3.55. The summed E-state index contributed by atoms with van der Waals surface area (Å²) in [7, 11) is 0. The number of carbonyl (C=O) groups is 3. The first-order valence-electron chi connectivity index (χ1n) is 14.1. The average molecular weight is 611 g/mol. The van der Waals surface area contributed by atoms with Crippen LogP contribution in [0.3, 0.4) is 0 Å². The molecule has 0 bridgehead atoms. The van der Waals surface area contributed by atoms with Gasteiger partial charge in [0.05, 0.1) is 29.8 Å². The Kier molecular flexibility index (Phi) is 7.95. The molecule has 0 radical (unpaired) electrons. The summed E-state index contributed by atoms with van der Waals surface area (Å²) in [5, 5.41) is -0.256. The minimum atomic E-state index is -0.804. The highest BCUT2D eigenvalue weighted by Gasteiger charge is 2.56. The van der Waals surface area contributed by atoms with E-state index < -0.39 is 28.8 Å². The maximum absolute atomic E-state index is 14.0. The third-order valence-corrected chi connectivity index (χ3v) is 10.8. The third kappa shape index (κ3) is 4.95. The fraction of sp³-hybridized carbons (Fsp3) is 0.400. The summed E-state index contributed by atoms with van der Waals surface area (Å²) in [6, 6.07) is 13.2. The molecule has 3 aliphatic heterocycles.